The van der Waals surface area contributed by atoms with Crippen molar-refractivity contribution in [2.45, 2.75) is 30.1 Å². The molecule has 7 nitrogen and oxygen atoms in total. The van der Waals surface area contributed by atoms with Crippen LogP contribution < -0.4 is 0 Å². The maximum Gasteiger partial charge on any atom is 0.416 e. The molecule has 0 atom stereocenters. The van der Waals surface area contributed by atoms with Gasteiger partial charge >= 0.3 is 6.18 Å². The van der Waals surface area contributed by atoms with E-state index in [-0.39, 0.29) is 28.0 Å². The van der Waals surface area contributed by atoms with Crippen LogP contribution in [0.4, 0.5) is 13.2 Å². The van der Waals surface area contributed by atoms with E-state index in [1.165, 1.54) is 24.4 Å². The number of halogens is 3. The molecule has 3 aromatic rings. The molecule has 1 aliphatic rings. The zero-order chi connectivity index (χ0) is 23.8. The Morgan fingerprint density at radius 2 is 1.79 bits per heavy atom. The molecule has 4 rings (SSSR count). The summed E-state index contributed by atoms with van der Waals surface area (Å²) in [6.45, 7) is 1.78. The zero-order valence-electron chi connectivity index (χ0n) is 18.0. The zero-order valence-corrected chi connectivity index (χ0v) is 18.9. The van der Waals surface area contributed by atoms with Crippen molar-refractivity contribution in [3.8, 4) is 22.5 Å². The van der Waals surface area contributed by atoms with E-state index in [9.17, 15) is 21.6 Å². The second-order valence-electron chi connectivity index (χ2n) is 8.18. The number of sulfone groups is 1. The van der Waals surface area contributed by atoms with Crippen LogP contribution in [-0.4, -0.2) is 59.9 Å². The highest BCUT2D eigenvalue weighted by molar-refractivity contribution is 7.90. The highest BCUT2D eigenvalue weighted by Gasteiger charge is 2.31. The van der Waals surface area contributed by atoms with Gasteiger partial charge < -0.3 is 4.90 Å². The molecule has 174 valence electrons. The van der Waals surface area contributed by atoms with Crippen molar-refractivity contribution in [3.63, 3.8) is 0 Å². The monoisotopic (exact) mass is 477 g/mol. The molecule has 0 spiro atoms. The van der Waals surface area contributed by atoms with E-state index in [0.717, 1.165) is 44.3 Å². The average molecular weight is 478 g/mol. The van der Waals surface area contributed by atoms with Crippen LogP contribution in [0.25, 0.3) is 22.5 Å². The Kier molecular flexibility index (Phi) is 6.19. The molecular weight excluding hydrogens is 455 g/mol. The van der Waals surface area contributed by atoms with Gasteiger partial charge in [0, 0.05) is 29.5 Å². The van der Waals surface area contributed by atoms with Gasteiger partial charge in [-0.3, -0.25) is 0 Å². The Morgan fingerprint density at radius 3 is 2.45 bits per heavy atom. The van der Waals surface area contributed by atoms with Gasteiger partial charge in [-0.05, 0) is 57.2 Å². The third-order valence-corrected chi connectivity index (χ3v) is 6.51. The summed E-state index contributed by atoms with van der Waals surface area (Å²) in [4.78, 5) is 10.2. The Hall–Kier alpha value is -2.92. The number of benzene rings is 1. The predicted octanol–water partition coefficient (Wildman–Crippen LogP) is 3.83. The summed E-state index contributed by atoms with van der Waals surface area (Å²) in [7, 11) is -1.65. The fourth-order valence-electron chi connectivity index (χ4n) is 3.83. The Balaban J connectivity index is 1.87. The SMILES string of the molecule is CN1CCC(c2cc(-c3ccnc(S(C)(=O)=O)n3)c(-c3cccc(C(F)(F)F)c3)nn2)CC1. The van der Waals surface area contributed by atoms with Gasteiger partial charge in [0.2, 0.25) is 15.0 Å². The van der Waals surface area contributed by atoms with Crippen LogP contribution in [0.1, 0.15) is 30.0 Å². The van der Waals surface area contributed by atoms with Gasteiger partial charge in [0.15, 0.2) is 0 Å². The lowest BCUT2D eigenvalue weighted by Gasteiger charge is -2.28. The summed E-state index contributed by atoms with van der Waals surface area (Å²) in [5.41, 5.74) is 0.949. The lowest BCUT2D eigenvalue weighted by Crippen LogP contribution is -2.29. The van der Waals surface area contributed by atoms with Crippen molar-refractivity contribution in [3.05, 3.63) is 53.9 Å². The van der Waals surface area contributed by atoms with E-state index < -0.39 is 21.6 Å². The van der Waals surface area contributed by atoms with Crippen molar-refractivity contribution < 1.29 is 21.6 Å². The smallest absolute Gasteiger partial charge is 0.306 e. The largest absolute Gasteiger partial charge is 0.416 e. The fourth-order valence-corrected chi connectivity index (χ4v) is 4.35. The number of nitrogens with zero attached hydrogens (tertiary/aromatic N) is 5. The molecule has 0 aliphatic carbocycles. The van der Waals surface area contributed by atoms with Crippen molar-refractivity contribution in [2.75, 3.05) is 26.4 Å². The van der Waals surface area contributed by atoms with E-state index in [1.807, 2.05) is 7.05 Å². The number of piperidine rings is 1. The van der Waals surface area contributed by atoms with Gasteiger partial charge in [-0.1, -0.05) is 12.1 Å². The molecule has 0 unspecified atom stereocenters. The van der Waals surface area contributed by atoms with Crippen molar-refractivity contribution in [1.82, 2.24) is 25.1 Å². The highest BCUT2D eigenvalue weighted by Crippen LogP contribution is 2.36. The van der Waals surface area contributed by atoms with Gasteiger partial charge in [-0.2, -0.15) is 18.3 Å². The molecule has 1 aliphatic heterocycles. The van der Waals surface area contributed by atoms with E-state index in [0.29, 0.717) is 11.3 Å². The number of alkyl halides is 3. The summed E-state index contributed by atoms with van der Waals surface area (Å²) in [5.74, 6) is 0.138. The minimum atomic E-state index is -4.52. The molecule has 2 aromatic heterocycles. The number of hydrogen-bond donors (Lipinski definition) is 0. The molecule has 3 heterocycles. The van der Waals surface area contributed by atoms with E-state index in [1.54, 1.807) is 6.07 Å². The Morgan fingerprint density at radius 1 is 1.06 bits per heavy atom. The van der Waals surface area contributed by atoms with Gasteiger partial charge in [0.25, 0.3) is 0 Å². The summed E-state index contributed by atoms with van der Waals surface area (Å²) in [6.07, 6.45) is -0.479. The number of aromatic nitrogens is 4. The van der Waals surface area contributed by atoms with Gasteiger partial charge in [-0.15, -0.1) is 5.10 Å². The third-order valence-electron chi connectivity index (χ3n) is 5.65. The second-order valence-corrected chi connectivity index (χ2v) is 10.1. The number of hydrogen-bond acceptors (Lipinski definition) is 7. The first-order valence-electron chi connectivity index (χ1n) is 10.3. The summed E-state index contributed by atoms with van der Waals surface area (Å²) in [5, 5.41) is 8.27. The van der Waals surface area contributed by atoms with Crippen molar-refractivity contribution in [2.24, 2.45) is 0 Å². The van der Waals surface area contributed by atoms with Gasteiger partial charge in [0.05, 0.1) is 17.0 Å². The van der Waals surface area contributed by atoms with Crippen LogP contribution in [0.3, 0.4) is 0 Å². The lowest BCUT2D eigenvalue weighted by atomic mass is 9.91. The van der Waals surface area contributed by atoms with E-state index >= 15 is 0 Å². The van der Waals surface area contributed by atoms with Crippen LogP contribution in [0.2, 0.25) is 0 Å². The minimum absolute atomic E-state index is 0.138. The minimum Gasteiger partial charge on any atom is -0.306 e. The molecule has 11 heteroatoms. The summed E-state index contributed by atoms with van der Waals surface area (Å²) >= 11 is 0. The van der Waals surface area contributed by atoms with Crippen LogP contribution >= 0.6 is 0 Å². The van der Waals surface area contributed by atoms with Gasteiger partial charge in [0.1, 0.15) is 5.69 Å². The Labute approximate surface area is 189 Å². The normalized spacial score (nSPS) is 16.2. The molecule has 0 saturated carbocycles. The maximum atomic E-state index is 13.3. The molecule has 33 heavy (non-hydrogen) atoms. The molecular formula is C22H22F3N5O2S. The predicted molar refractivity (Wildman–Crippen MR) is 116 cm³/mol. The summed E-state index contributed by atoms with van der Waals surface area (Å²) < 4.78 is 63.9. The van der Waals surface area contributed by atoms with Crippen LogP contribution in [-0.2, 0) is 16.0 Å². The van der Waals surface area contributed by atoms with Crippen molar-refractivity contribution >= 4 is 9.84 Å². The average Bonchev–Trinajstić information content (AvgIpc) is 2.78. The molecule has 0 radical (unpaired) electrons. The molecule has 1 saturated heterocycles. The van der Waals surface area contributed by atoms with E-state index in [2.05, 4.69) is 25.1 Å². The van der Waals surface area contributed by atoms with Gasteiger partial charge in [-0.25, -0.2) is 18.4 Å². The number of likely N-dealkylation sites (tertiary alicyclic amines) is 1. The highest BCUT2D eigenvalue weighted by atomic mass is 32.2. The second kappa shape index (κ2) is 8.79. The first kappa shape index (κ1) is 23.2. The first-order chi connectivity index (χ1) is 15.5. The molecule has 0 N–H and O–H groups in total. The molecule has 0 amide bonds. The number of rotatable bonds is 4. The van der Waals surface area contributed by atoms with E-state index in [4.69, 9.17) is 0 Å². The molecule has 0 bridgehead atoms. The van der Waals surface area contributed by atoms with Crippen molar-refractivity contribution in [1.29, 1.82) is 0 Å². The summed E-state index contributed by atoms with van der Waals surface area (Å²) in [6, 6.07) is 8.07. The molecule has 1 aromatic carbocycles. The van der Waals surface area contributed by atoms with Crippen LogP contribution in [0.5, 0.6) is 0 Å². The quantitative estimate of drug-likeness (QED) is 0.528. The first-order valence-corrected chi connectivity index (χ1v) is 12.2. The van der Waals surface area contributed by atoms with Crippen LogP contribution in [0, 0.1) is 0 Å². The lowest BCUT2D eigenvalue weighted by molar-refractivity contribution is -0.137. The fraction of sp³-hybridized carbons (Fsp3) is 0.364. The maximum absolute atomic E-state index is 13.3. The Bertz CT molecular complexity index is 1270. The topological polar surface area (TPSA) is 88.9 Å². The third kappa shape index (κ3) is 5.19. The van der Waals surface area contributed by atoms with Crippen LogP contribution in [0.15, 0.2) is 47.8 Å². The molecule has 1 fully saturated rings. The standard InChI is InChI=1S/C22H22F3N5O2S/c1-30-10-7-14(8-11-30)19-13-17(18-6-9-26-21(27-18)33(2,31)32)20(29-28-19)15-4-3-5-16(12-15)22(23,24)25/h3-6,9,12-14H,7-8,10-11H2,1-2H3.